The molecule has 0 aromatic heterocycles. The molecular weight excluding hydrogens is 466 g/mol. The summed E-state index contributed by atoms with van der Waals surface area (Å²) >= 11 is 5.90. The number of anilines is 2. The lowest BCUT2D eigenvalue weighted by atomic mass is 9.95. The van der Waals surface area contributed by atoms with Crippen LogP contribution in [0.5, 0.6) is 5.75 Å². The topological polar surface area (TPSA) is 87.7 Å². The predicted octanol–water partition coefficient (Wildman–Crippen LogP) is 5.09. The van der Waals surface area contributed by atoms with Crippen LogP contribution in [0, 0.1) is 5.92 Å². The lowest BCUT2D eigenvalue weighted by molar-refractivity contribution is -0.121. The lowest BCUT2D eigenvalue weighted by Gasteiger charge is -2.31. The van der Waals surface area contributed by atoms with Gasteiger partial charge in [-0.2, -0.15) is 0 Å². The fourth-order valence-electron chi connectivity index (χ4n) is 3.95. The highest BCUT2D eigenvalue weighted by Gasteiger charge is 2.28. The Morgan fingerprint density at radius 1 is 0.800 bits per heavy atom. The summed E-state index contributed by atoms with van der Waals surface area (Å²) in [5.41, 5.74) is 2.35. The van der Waals surface area contributed by atoms with Crippen molar-refractivity contribution in [2.75, 3.05) is 30.8 Å². The Hall–Kier alpha value is -3.84. The van der Waals surface area contributed by atoms with E-state index < -0.39 is 0 Å². The summed E-state index contributed by atoms with van der Waals surface area (Å²) in [6, 6.07) is 20.6. The predicted molar refractivity (Wildman–Crippen MR) is 136 cm³/mol. The molecule has 0 atom stereocenters. The minimum atomic E-state index is -0.245. The van der Waals surface area contributed by atoms with Gasteiger partial charge in [-0.1, -0.05) is 11.6 Å². The molecule has 8 heteroatoms. The first-order valence-electron chi connectivity index (χ1n) is 11.3. The highest BCUT2D eigenvalue weighted by Crippen LogP contribution is 2.22. The van der Waals surface area contributed by atoms with Crippen molar-refractivity contribution in [2.24, 2.45) is 5.92 Å². The van der Waals surface area contributed by atoms with Gasteiger partial charge < -0.3 is 20.3 Å². The van der Waals surface area contributed by atoms with Gasteiger partial charge in [0.25, 0.3) is 11.8 Å². The second kappa shape index (κ2) is 11.1. The quantitative estimate of drug-likeness (QED) is 0.502. The Morgan fingerprint density at radius 3 is 1.94 bits per heavy atom. The third-order valence-corrected chi connectivity index (χ3v) is 6.26. The number of piperidine rings is 1. The van der Waals surface area contributed by atoms with E-state index >= 15 is 0 Å². The van der Waals surface area contributed by atoms with Crippen LogP contribution in [0.4, 0.5) is 11.4 Å². The summed E-state index contributed by atoms with van der Waals surface area (Å²) in [4.78, 5) is 39.7. The SMILES string of the molecule is COc1ccc(NC(=O)c2ccc(NC(=O)C3CCN(C(=O)c4ccc(Cl)cc4)CC3)cc2)cc1. The Balaban J connectivity index is 1.27. The molecule has 4 rings (SSSR count). The number of hydrogen-bond acceptors (Lipinski definition) is 4. The van der Waals surface area contributed by atoms with Crippen LogP contribution < -0.4 is 15.4 Å². The van der Waals surface area contributed by atoms with Crippen molar-refractivity contribution in [3.05, 3.63) is 88.9 Å². The fraction of sp³-hybridized carbons (Fsp3) is 0.222. The number of halogens is 1. The maximum absolute atomic E-state index is 12.7. The first-order chi connectivity index (χ1) is 16.9. The number of carbonyl (C=O) groups is 3. The molecular formula is C27H26ClN3O4. The highest BCUT2D eigenvalue weighted by molar-refractivity contribution is 6.30. The molecule has 0 aliphatic carbocycles. The summed E-state index contributed by atoms with van der Waals surface area (Å²) in [6.07, 6.45) is 1.18. The standard InChI is InChI=1S/C27H26ClN3O4/c1-35-24-12-10-23(11-13-24)30-25(32)18-4-8-22(9-5-18)29-26(33)19-14-16-31(17-15-19)27(34)20-2-6-21(28)7-3-20/h2-13,19H,14-17H2,1H3,(H,29,33)(H,30,32). The van der Waals surface area contributed by atoms with Gasteiger partial charge in [-0.3, -0.25) is 14.4 Å². The number of methoxy groups -OCH3 is 1. The first kappa shape index (κ1) is 24.3. The third-order valence-electron chi connectivity index (χ3n) is 6.01. The normalized spacial score (nSPS) is 13.7. The molecule has 1 aliphatic rings. The van der Waals surface area contributed by atoms with E-state index in [2.05, 4.69) is 10.6 Å². The molecule has 35 heavy (non-hydrogen) atoms. The summed E-state index contributed by atoms with van der Waals surface area (Å²) < 4.78 is 5.12. The third kappa shape index (κ3) is 6.19. The number of rotatable bonds is 6. The monoisotopic (exact) mass is 491 g/mol. The van der Waals surface area contributed by atoms with Gasteiger partial charge in [-0.15, -0.1) is 0 Å². The molecule has 2 N–H and O–H groups in total. The first-order valence-corrected chi connectivity index (χ1v) is 11.7. The van der Waals surface area contributed by atoms with Crippen molar-refractivity contribution in [1.29, 1.82) is 0 Å². The van der Waals surface area contributed by atoms with Crippen molar-refractivity contribution in [3.8, 4) is 5.75 Å². The van der Waals surface area contributed by atoms with Crippen LogP contribution >= 0.6 is 11.6 Å². The van der Waals surface area contributed by atoms with E-state index in [1.807, 2.05) is 0 Å². The second-order valence-corrected chi connectivity index (χ2v) is 8.76. The van der Waals surface area contributed by atoms with Crippen LogP contribution in [0.15, 0.2) is 72.8 Å². The van der Waals surface area contributed by atoms with Crippen LogP contribution in [-0.4, -0.2) is 42.8 Å². The number of hydrogen-bond donors (Lipinski definition) is 2. The molecule has 0 radical (unpaired) electrons. The molecule has 0 spiro atoms. The largest absolute Gasteiger partial charge is 0.497 e. The van der Waals surface area contributed by atoms with Crippen LogP contribution in [0.2, 0.25) is 5.02 Å². The number of amides is 3. The van der Waals surface area contributed by atoms with Crippen LogP contribution in [0.3, 0.4) is 0 Å². The molecule has 1 saturated heterocycles. The van der Waals surface area contributed by atoms with Crippen molar-refractivity contribution in [3.63, 3.8) is 0 Å². The van der Waals surface area contributed by atoms with E-state index in [4.69, 9.17) is 16.3 Å². The van der Waals surface area contributed by atoms with Gasteiger partial charge >= 0.3 is 0 Å². The van der Waals surface area contributed by atoms with E-state index in [-0.39, 0.29) is 23.6 Å². The average Bonchev–Trinajstić information content (AvgIpc) is 2.89. The minimum absolute atomic E-state index is 0.0518. The van der Waals surface area contributed by atoms with Gasteiger partial charge in [0.1, 0.15) is 5.75 Å². The molecule has 1 fully saturated rings. The number of nitrogens with one attached hydrogen (secondary N) is 2. The summed E-state index contributed by atoms with van der Waals surface area (Å²) in [7, 11) is 1.58. The van der Waals surface area contributed by atoms with Crippen LogP contribution in [0.25, 0.3) is 0 Å². The lowest BCUT2D eigenvalue weighted by Crippen LogP contribution is -2.41. The van der Waals surface area contributed by atoms with Gasteiger partial charge in [-0.05, 0) is 85.6 Å². The zero-order valence-corrected chi connectivity index (χ0v) is 20.0. The van der Waals surface area contributed by atoms with E-state index in [0.29, 0.717) is 59.2 Å². The molecule has 3 aromatic rings. The number of ether oxygens (including phenoxy) is 1. The van der Waals surface area contributed by atoms with Crippen molar-refractivity contribution in [1.82, 2.24) is 4.90 Å². The molecule has 0 bridgehead atoms. The molecule has 3 amide bonds. The Morgan fingerprint density at radius 2 is 1.34 bits per heavy atom. The maximum atomic E-state index is 12.7. The fourth-order valence-corrected chi connectivity index (χ4v) is 4.07. The van der Waals surface area contributed by atoms with Gasteiger partial charge in [-0.25, -0.2) is 0 Å². The Bertz CT molecular complexity index is 1190. The molecule has 1 aliphatic heterocycles. The summed E-state index contributed by atoms with van der Waals surface area (Å²) in [6.45, 7) is 1.04. The van der Waals surface area contributed by atoms with Gasteiger partial charge in [0.05, 0.1) is 7.11 Å². The van der Waals surface area contributed by atoms with E-state index in [1.165, 1.54) is 0 Å². The number of likely N-dealkylation sites (tertiary alicyclic amines) is 1. The Kier molecular flexibility index (Phi) is 7.67. The van der Waals surface area contributed by atoms with Gasteiger partial charge in [0, 0.05) is 46.5 Å². The molecule has 0 saturated carbocycles. The zero-order valence-electron chi connectivity index (χ0n) is 19.3. The van der Waals surface area contributed by atoms with Gasteiger partial charge in [0.2, 0.25) is 5.91 Å². The molecule has 1 heterocycles. The van der Waals surface area contributed by atoms with Crippen molar-refractivity contribution < 1.29 is 19.1 Å². The second-order valence-electron chi connectivity index (χ2n) is 8.32. The van der Waals surface area contributed by atoms with E-state index in [1.54, 1.807) is 84.8 Å². The van der Waals surface area contributed by atoms with E-state index in [0.717, 1.165) is 0 Å². The number of carbonyl (C=O) groups excluding carboxylic acids is 3. The minimum Gasteiger partial charge on any atom is -0.497 e. The smallest absolute Gasteiger partial charge is 0.255 e. The Labute approximate surface area is 209 Å². The molecule has 7 nitrogen and oxygen atoms in total. The molecule has 3 aromatic carbocycles. The molecule has 180 valence electrons. The summed E-state index contributed by atoms with van der Waals surface area (Å²) in [5, 5.41) is 6.33. The van der Waals surface area contributed by atoms with Crippen molar-refractivity contribution >= 4 is 40.7 Å². The number of benzene rings is 3. The van der Waals surface area contributed by atoms with Crippen LogP contribution in [-0.2, 0) is 4.79 Å². The van der Waals surface area contributed by atoms with Gasteiger partial charge in [0.15, 0.2) is 0 Å². The average molecular weight is 492 g/mol. The van der Waals surface area contributed by atoms with Crippen molar-refractivity contribution in [2.45, 2.75) is 12.8 Å². The highest BCUT2D eigenvalue weighted by atomic mass is 35.5. The summed E-state index contributed by atoms with van der Waals surface area (Å²) in [5.74, 6) is 0.151. The molecule has 0 unspecified atom stereocenters. The van der Waals surface area contributed by atoms with E-state index in [9.17, 15) is 14.4 Å². The van der Waals surface area contributed by atoms with Crippen LogP contribution in [0.1, 0.15) is 33.6 Å². The maximum Gasteiger partial charge on any atom is 0.255 e. The number of nitrogens with zero attached hydrogens (tertiary/aromatic N) is 1. The zero-order chi connectivity index (χ0) is 24.8.